The number of nitrogens with two attached hydrogens (primary N) is 1. The topological polar surface area (TPSA) is 42.1 Å². The zero-order valence-corrected chi connectivity index (χ0v) is 11.4. The van der Waals surface area contributed by atoms with Crippen LogP contribution in [0.25, 0.3) is 0 Å². The number of piperidine rings is 1. The Morgan fingerprint density at radius 1 is 1.39 bits per heavy atom. The van der Waals surface area contributed by atoms with Crippen LogP contribution in [0.3, 0.4) is 0 Å². The van der Waals surface area contributed by atoms with Gasteiger partial charge in [0.2, 0.25) is 0 Å². The molecule has 2 N–H and O–H groups in total. The zero-order valence-electron chi connectivity index (χ0n) is 11.4. The SMILES string of the molecule is CCCN1CCC(C(CN)c2ccccn2)CC1. The van der Waals surface area contributed by atoms with Gasteiger partial charge in [-0.25, -0.2) is 0 Å². The molecule has 0 spiro atoms. The number of rotatable bonds is 5. The van der Waals surface area contributed by atoms with Gasteiger partial charge < -0.3 is 10.6 Å². The van der Waals surface area contributed by atoms with Gasteiger partial charge in [-0.1, -0.05) is 13.0 Å². The fourth-order valence-electron chi connectivity index (χ4n) is 3.05. The normalized spacial score (nSPS) is 19.9. The number of pyridine rings is 1. The minimum Gasteiger partial charge on any atom is -0.330 e. The highest BCUT2D eigenvalue weighted by Gasteiger charge is 2.27. The molecule has 0 bridgehead atoms. The Kier molecular flexibility index (Phi) is 5.14. The van der Waals surface area contributed by atoms with Crippen LogP contribution < -0.4 is 5.73 Å². The van der Waals surface area contributed by atoms with E-state index in [1.54, 1.807) is 0 Å². The Hall–Kier alpha value is -0.930. The Morgan fingerprint density at radius 2 is 2.17 bits per heavy atom. The van der Waals surface area contributed by atoms with Gasteiger partial charge in [0.15, 0.2) is 0 Å². The third-order valence-corrected chi connectivity index (χ3v) is 4.06. The van der Waals surface area contributed by atoms with E-state index in [9.17, 15) is 0 Å². The molecule has 0 aliphatic carbocycles. The summed E-state index contributed by atoms with van der Waals surface area (Å²) >= 11 is 0. The van der Waals surface area contributed by atoms with Gasteiger partial charge in [-0.2, -0.15) is 0 Å². The van der Waals surface area contributed by atoms with Gasteiger partial charge >= 0.3 is 0 Å². The van der Waals surface area contributed by atoms with E-state index in [4.69, 9.17) is 5.73 Å². The van der Waals surface area contributed by atoms with Crippen LogP contribution in [0.1, 0.15) is 37.8 Å². The number of hydrogen-bond acceptors (Lipinski definition) is 3. The predicted molar refractivity (Wildman–Crippen MR) is 75.5 cm³/mol. The fraction of sp³-hybridized carbons (Fsp3) is 0.667. The first-order chi connectivity index (χ1) is 8.85. The van der Waals surface area contributed by atoms with E-state index in [1.807, 2.05) is 12.3 Å². The largest absolute Gasteiger partial charge is 0.330 e. The molecule has 3 nitrogen and oxygen atoms in total. The zero-order chi connectivity index (χ0) is 12.8. The molecule has 1 aliphatic rings. The van der Waals surface area contributed by atoms with Gasteiger partial charge in [0.05, 0.1) is 0 Å². The van der Waals surface area contributed by atoms with Gasteiger partial charge in [-0.05, 0) is 56.9 Å². The van der Waals surface area contributed by atoms with E-state index in [2.05, 4.69) is 28.9 Å². The summed E-state index contributed by atoms with van der Waals surface area (Å²) in [6.07, 6.45) is 5.66. The van der Waals surface area contributed by atoms with Gasteiger partial charge in [-0.15, -0.1) is 0 Å². The fourth-order valence-corrected chi connectivity index (χ4v) is 3.05. The van der Waals surface area contributed by atoms with Crippen LogP contribution in [0.4, 0.5) is 0 Å². The highest BCUT2D eigenvalue weighted by molar-refractivity contribution is 5.11. The third kappa shape index (κ3) is 3.30. The second kappa shape index (κ2) is 6.86. The maximum atomic E-state index is 5.98. The summed E-state index contributed by atoms with van der Waals surface area (Å²) in [5.74, 6) is 1.15. The molecule has 1 aromatic heterocycles. The lowest BCUT2D eigenvalue weighted by Gasteiger charge is -2.35. The van der Waals surface area contributed by atoms with Gasteiger partial charge in [-0.3, -0.25) is 4.98 Å². The van der Waals surface area contributed by atoms with Crippen molar-refractivity contribution in [2.24, 2.45) is 11.7 Å². The van der Waals surface area contributed by atoms with Crippen LogP contribution >= 0.6 is 0 Å². The van der Waals surface area contributed by atoms with Gasteiger partial charge in [0.1, 0.15) is 0 Å². The van der Waals surface area contributed by atoms with E-state index < -0.39 is 0 Å². The molecule has 0 saturated carbocycles. The van der Waals surface area contributed by atoms with Crippen LogP contribution in [0.15, 0.2) is 24.4 Å². The highest BCUT2D eigenvalue weighted by Crippen LogP contribution is 2.30. The minimum absolute atomic E-state index is 0.440. The molecular weight excluding hydrogens is 222 g/mol. The number of aromatic nitrogens is 1. The summed E-state index contributed by atoms with van der Waals surface area (Å²) in [7, 11) is 0. The van der Waals surface area contributed by atoms with Crippen molar-refractivity contribution in [1.29, 1.82) is 0 Å². The molecule has 2 rings (SSSR count). The lowest BCUT2D eigenvalue weighted by Crippen LogP contribution is -2.37. The monoisotopic (exact) mass is 247 g/mol. The molecule has 0 amide bonds. The molecule has 2 heterocycles. The molecule has 0 radical (unpaired) electrons. The van der Waals surface area contributed by atoms with E-state index in [0.29, 0.717) is 11.8 Å². The summed E-state index contributed by atoms with van der Waals surface area (Å²) in [5, 5.41) is 0. The lowest BCUT2D eigenvalue weighted by atomic mass is 9.82. The third-order valence-electron chi connectivity index (χ3n) is 4.06. The first-order valence-electron chi connectivity index (χ1n) is 7.18. The molecule has 100 valence electrons. The summed E-state index contributed by atoms with van der Waals surface area (Å²) in [4.78, 5) is 7.06. The first kappa shape index (κ1) is 13.5. The molecule has 1 atom stereocenters. The number of likely N-dealkylation sites (tertiary alicyclic amines) is 1. The van der Waals surface area contributed by atoms with Crippen LogP contribution in [0, 0.1) is 5.92 Å². The maximum Gasteiger partial charge on any atom is 0.0449 e. The Balaban J connectivity index is 1.95. The highest BCUT2D eigenvalue weighted by atomic mass is 15.1. The van der Waals surface area contributed by atoms with Crippen molar-refractivity contribution in [3.8, 4) is 0 Å². The number of hydrogen-bond donors (Lipinski definition) is 1. The second-order valence-electron chi connectivity index (χ2n) is 5.28. The number of nitrogens with zero attached hydrogens (tertiary/aromatic N) is 2. The summed E-state index contributed by atoms with van der Waals surface area (Å²) < 4.78 is 0. The maximum absolute atomic E-state index is 5.98. The minimum atomic E-state index is 0.440. The molecule has 0 aromatic carbocycles. The summed E-state index contributed by atoms with van der Waals surface area (Å²) in [6, 6.07) is 6.16. The van der Waals surface area contributed by atoms with Crippen molar-refractivity contribution >= 4 is 0 Å². The molecule has 18 heavy (non-hydrogen) atoms. The molecular formula is C15H25N3. The van der Waals surface area contributed by atoms with Crippen molar-refractivity contribution in [1.82, 2.24) is 9.88 Å². The molecule has 3 heteroatoms. The molecule has 1 aliphatic heterocycles. The van der Waals surface area contributed by atoms with Crippen molar-refractivity contribution in [2.75, 3.05) is 26.2 Å². The second-order valence-corrected chi connectivity index (χ2v) is 5.28. The Bertz CT molecular complexity index is 331. The van der Waals surface area contributed by atoms with Crippen molar-refractivity contribution in [3.63, 3.8) is 0 Å². The van der Waals surface area contributed by atoms with E-state index in [0.717, 1.165) is 6.54 Å². The quantitative estimate of drug-likeness (QED) is 0.867. The van der Waals surface area contributed by atoms with Gasteiger partial charge in [0.25, 0.3) is 0 Å². The Labute approximate surface area is 110 Å². The van der Waals surface area contributed by atoms with Crippen LogP contribution in [-0.4, -0.2) is 36.1 Å². The summed E-state index contributed by atoms with van der Waals surface area (Å²) in [6.45, 7) is 6.66. The van der Waals surface area contributed by atoms with Crippen LogP contribution in [0.5, 0.6) is 0 Å². The van der Waals surface area contributed by atoms with Gasteiger partial charge in [0, 0.05) is 24.4 Å². The van der Waals surface area contributed by atoms with Crippen molar-refractivity contribution in [2.45, 2.75) is 32.1 Å². The first-order valence-corrected chi connectivity index (χ1v) is 7.18. The standard InChI is InChI=1S/C15H25N3/c1-2-9-18-10-6-13(7-11-18)14(12-16)15-5-3-4-8-17-15/h3-5,8,13-14H,2,6-7,9-12,16H2,1H3. The van der Waals surface area contributed by atoms with E-state index in [1.165, 1.54) is 44.6 Å². The summed E-state index contributed by atoms with van der Waals surface area (Å²) in [5.41, 5.74) is 7.15. The average molecular weight is 247 g/mol. The van der Waals surface area contributed by atoms with Crippen LogP contribution in [0.2, 0.25) is 0 Å². The predicted octanol–water partition coefficient (Wildman–Crippen LogP) is 2.25. The average Bonchev–Trinajstić information content (AvgIpc) is 2.43. The lowest BCUT2D eigenvalue weighted by molar-refractivity contribution is 0.168. The molecule has 1 aromatic rings. The van der Waals surface area contributed by atoms with Crippen molar-refractivity contribution in [3.05, 3.63) is 30.1 Å². The van der Waals surface area contributed by atoms with E-state index >= 15 is 0 Å². The molecule has 1 fully saturated rings. The van der Waals surface area contributed by atoms with Crippen molar-refractivity contribution < 1.29 is 0 Å². The molecule has 1 unspecified atom stereocenters. The van der Waals surface area contributed by atoms with Crippen LogP contribution in [-0.2, 0) is 0 Å². The Morgan fingerprint density at radius 3 is 2.72 bits per heavy atom. The molecule has 1 saturated heterocycles. The smallest absolute Gasteiger partial charge is 0.0449 e. The van der Waals surface area contributed by atoms with E-state index in [-0.39, 0.29) is 0 Å².